The predicted molar refractivity (Wildman–Crippen MR) is 74.2 cm³/mol. The van der Waals surface area contributed by atoms with Gasteiger partial charge in [-0.2, -0.15) is 4.37 Å². The van der Waals surface area contributed by atoms with Gasteiger partial charge >= 0.3 is 0 Å². The Bertz CT molecular complexity index is 657. The van der Waals surface area contributed by atoms with Crippen molar-refractivity contribution in [1.82, 2.24) is 4.37 Å². The van der Waals surface area contributed by atoms with E-state index in [-0.39, 0.29) is 15.9 Å². The van der Waals surface area contributed by atoms with Gasteiger partial charge in [0.25, 0.3) is 0 Å². The van der Waals surface area contributed by atoms with Gasteiger partial charge in [0.1, 0.15) is 16.6 Å². The first-order chi connectivity index (χ1) is 8.90. The quantitative estimate of drug-likeness (QED) is 0.659. The fourth-order valence-electron chi connectivity index (χ4n) is 1.61. The zero-order valence-corrected chi connectivity index (χ0v) is 12.5. The molecule has 0 spiro atoms. The number of aryl methyl sites for hydroxylation is 1. The Labute approximate surface area is 120 Å². The highest BCUT2D eigenvalue weighted by Gasteiger charge is 2.17. The zero-order chi connectivity index (χ0) is 14.2. The number of nitrogens with zero attached hydrogens (tertiary/aromatic N) is 1. The molecule has 100 valence electrons. The summed E-state index contributed by atoms with van der Waals surface area (Å²) in [6, 6.07) is 2.05. The van der Waals surface area contributed by atoms with Crippen LogP contribution in [0.3, 0.4) is 0 Å². The van der Waals surface area contributed by atoms with Crippen LogP contribution in [0.2, 0.25) is 0 Å². The lowest BCUT2D eigenvalue weighted by atomic mass is 10.2. The second kappa shape index (κ2) is 5.34. The molecule has 3 nitrogen and oxygen atoms in total. The van der Waals surface area contributed by atoms with E-state index in [4.69, 9.17) is 0 Å². The van der Waals surface area contributed by atoms with Crippen LogP contribution in [0, 0.1) is 18.6 Å². The highest BCUT2D eigenvalue weighted by atomic mass is 79.9. The number of rotatable bonds is 3. The van der Waals surface area contributed by atoms with Gasteiger partial charge in [-0.05, 0) is 47.4 Å². The lowest BCUT2D eigenvalue weighted by Crippen LogP contribution is -2.00. The van der Waals surface area contributed by atoms with Crippen LogP contribution in [-0.4, -0.2) is 10.2 Å². The maximum Gasteiger partial charge on any atom is 0.164 e. The number of carbonyl (C=O) groups excluding carboxylic acids is 1. The standard InChI is InChI=1S/C12H9BrF2N2OS/c1-5-11(6(2)18)12(19-17-5)16-10-4-8(14)7(13)3-9(10)15/h3-4,16H,1-2H3. The van der Waals surface area contributed by atoms with Crippen LogP contribution in [0.4, 0.5) is 19.5 Å². The maximum atomic E-state index is 13.7. The summed E-state index contributed by atoms with van der Waals surface area (Å²) in [7, 11) is 0. The monoisotopic (exact) mass is 346 g/mol. The van der Waals surface area contributed by atoms with Gasteiger partial charge in [-0.1, -0.05) is 0 Å². The second-order valence-corrected chi connectivity index (χ2v) is 5.53. The molecule has 0 radical (unpaired) electrons. The van der Waals surface area contributed by atoms with Gasteiger partial charge in [-0.15, -0.1) is 0 Å². The van der Waals surface area contributed by atoms with Gasteiger partial charge in [-0.25, -0.2) is 8.78 Å². The lowest BCUT2D eigenvalue weighted by Gasteiger charge is -2.07. The van der Waals surface area contributed by atoms with Crippen molar-refractivity contribution in [3.8, 4) is 0 Å². The van der Waals surface area contributed by atoms with E-state index in [2.05, 4.69) is 25.6 Å². The average Bonchev–Trinajstić information content (AvgIpc) is 2.67. The third-order valence-corrected chi connectivity index (χ3v) is 3.93. The van der Waals surface area contributed by atoms with Crippen LogP contribution in [-0.2, 0) is 0 Å². The third-order valence-electron chi connectivity index (χ3n) is 2.47. The molecule has 0 bridgehead atoms. The van der Waals surface area contributed by atoms with Crippen molar-refractivity contribution in [1.29, 1.82) is 0 Å². The zero-order valence-electron chi connectivity index (χ0n) is 10.1. The normalized spacial score (nSPS) is 10.6. The van der Waals surface area contributed by atoms with E-state index in [1.165, 1.54) is 6.92 Å². The number of benzene rings is 1. The molecular weight excluding hydrogens is 338 g/mol. The van der Waals surface area contributed by atoms with Crippen LogP contribution >= 0.6 is 27.5 Å². The maximum absolute atomic E-state index is 13.7. The fourth-order valence-corrected chi connectivity index (χ4v) is 2.78. The largest absolute Gasteiger partial charge is 0.343 e. The van der Waals surface area contributed by atoms with Crippen molar-refractivity contribution in [2.24, 2.45) is 0 Å². The minimum Gasteiger partial charge on any atom is -0.343 e. The Morgan fingerprint density at radius 3 is 2.68 bits per heavy atom. The topological polar surface area (TPSA) is 42.0 Å². The van der Waals surface area contributed by atoms with Crippen LogP contribution in [0.1, 0.15) is 23.0 Å². The molecule has 0 fully saturated rings. The Kier molecular flexibility index (Phi) is 3.96. The van der Waals surface area contributed by atoms with E-state index >= 15 is 0 Å². The summed E-state index contributed by atoms with van der Waals surface area (Å²) in [5, 5.41) is 3.12. The minimum atomic E-state index is -0.617. The molecular formula is C12H9BrF2N2OS. The smallest absolute Gasteiger partial charge is 0.164 e. The number of hydrogen-bond acceptors (Lipinski definition) is 4. The number of Topliss-reactive ketones (excluding diaryl/α,β-unsaturated/α-hetero) is 1. The number of hydrogen-bond donors (Lipinski definition) is 1. The highest BCUT2D eigenvalue weighted by molar-refractivity contribution is 9.10. The van der Waals surface area contributed by atoms with Gasteiger partial charge in [0.2, 0.25) is 0 Å². The first-order valence-corrected chi connectivity index (χ1v) is 6.85. The van der Waals surface area contributed by atoms with Gasteiger partial charge in [-0.3, -0.25) is 4.79 Å². The van der Waals surface area contributed by atoms with E-state index in [1.807, 2.05) is 0 Å². The van der Waals surface area contributed by atoms with E-state index in [1.54, 1.807) is 6.92 Å². The molecule has 2 aromatic rings. The van der Waals surface area contributed by atoms with Crippen LogP contribution in [0.5, 0.6) is 0 Å². The molecule has 0 unspecified atom stereocenters. The molecule has 19 heavy (non-hydrogen) atoms. The number of aromatic nitrogens is 1. The third kappa shape index (κ3) is 2.82. The minimum absolute atomic E-state index is 0.0353. The van der Waals surface area contributed by atoms with E-state index in [9.17, 15) is 13.6 Å². The molecule has 0 saturated carbocycles. The molecule has 7 heteroatoms. The molecule has 1 heterocycles. The number of carbonyl (C=O) groups is 1. The SMILES string of the molecule is CC(=O)c1c(C)nsc1Nc1cc(F)c(Br)cc1F. The van der Waals surface area contributed by atoms with Gasteiger partial charge in [0.05, 0.1) is 21.4 Å². The summed E-state index contributed by atoms with van der Waals surface area (Å²) in [6.45, 7) is 3.09. The van der Waals surface area contributed by atoms with Crippen molar-refractivity contribution in [2.45, 2.75) is 13.8 Å². The molecule has 0 aliphatic heterocycles. The Morgan fingerprint density at radius 1 is 1.37 bits per heavy atom. The Morgan fingerprint density at radius 2 is 2.05 bits per heavy atom. The summed E-state index contributed by atoms with van der Waals surface area (Å²) in [4.78, 5) is 11.5. The molecule has 1 N–H and O–H groups in total. The molecule has 0 amide bonds. The van der Waals surface area contributed by atoms with Crippen LogP contribution in [0.25, 0.3) is 0 Å². The van der Waals surface area contributed by atoms with Gasteiger partial charge in [0.15, 0.2) is 5.78 Å². The van der Waals surface area contributed by atoms with Crippen LogP contribution in [0.15, 0.2) is 16.6 Å². The van der Waals surface area contributed by atoms with E-state index in [0.29, 0.717) is 16.3 Å². The van der Waals surface area contributed by atoms with Gasteiger partial charge in [0, 0.05) is 6.07 Å². The van der Waals surface area contributed by atoms with Crippen LogP contribution < -0.4 is 5.32 Å². The molecule has 2 rings (SSSR count). The molecule has 0 atom stereocenters. The summed E-state index contributed by atoms with van der Waals surface area (Å²) in [5.74, 6) is -1.38. The number of anilines is 2. The highest BCUT2D eigenvalue weighted by Crippen LogP contribution is 2.31. The van der Waals surface area contributed by atoms with E-state index in [0.717, 1.165) is 23.7 Å². The molecule has 1 aromatic heterocycles. The lowest BCUT2D eigenvalue weighted by molar-refractivity contribution is 0.101. The van der Waals surface area contributed by atoms with Crippen molar-refractivity contribution in [2.75, 3.05) is 5.32 Å². The van der Waals surface area contributed by atoms with Crippen molar-refractivity contribution < 1.29 is 13.6 Å². The molecule has 0 aliphatic carbocycles. The fraction of sp³-hybridized carbons (Fsp3) is 0.167. The summed E-state index contributed by atoms with van der Waals surface area (Å²) in [6.07, 6.45) is 0. The van der Waals surface area contributed by atoms with Crippen molar-refractivity contribution in [3.05, 3.63) is 39.5 Å². The molecule has 0 aliphatic rings. The molecule has 0 saturated heterocycles. The summed E-state index contributed by atoms with van der Waals surface area (Å²) < 4.78 is 31.2. The number of ketones is 1. The molecule has 1 aromatic carbocycles. The number of nitrogens with one attached hydrogen (secondary N) is 1. The Balaban J connectivity index is 2.42. The van der Waals surface area contributed by atoms with Crippen molar-refractivity contribution >= 4 is 43.9 Å². The van der Waals surface area contributed by atoms with E-state index < -0.39 is 11.6 Å². The average molecular weight is 347 g/mol. The van der Waals surface area contributed by atoms with Crippen molar-refractivity contribution in [3.63, 3.8) is 0 Å². The van der Waals surface area contributed by atoms with Gasteiger partial charge < -0.3 is 5.32 Å². The number of halogens is 3. The Hall–Kier alpha value is -1.34. The summed E-state index contributed by atoms with van der Waals surface area (Å²) >= 11 is 3.94. The first kappa shape index (κ1) is 14.1. The summed E-state index contributed by atoms with van der Waals surface area (Å²) in [5.41, 5.74) is 0.928. The first-order valence-electron chi connectivity index (χ1n) is 5.29. The predicted octanol–water partition coefficient (Wildman–Crippen LogP) is 4.44. The second-order valence-electron chi connectivity index (χ2n) is 3.90.